The number of benzene rings is 2. The number of carbonyl (C=O) groups excluding carboxylic acids is 1. The van der Waals surface area contributed by atoms with Gasteiger partial charge in [0.25, 0.3) is 0 Å². The van der Waals surface area contributed by atoms with Crippen LogP contribution in [0.15, 0.2) is 36.4 Å². The minimum absolute atomic E-state index is 0.188. The van der Waals surface area contributed by atoms with Gasteiger partial charge < -0.3 is 9.47 Å². The SMILES string of the molecule is CCCOc1ccc(-c2cc(F)c(COC(=O)C(F)(F)F)c(F)c2)cc1. The van der Waals surface area contributed by atoms with Crippen LogP contribution in [0.2, 0.25) is 0 Å². The van der Waals surface area contributed by atoms with E-state index in [0.29, 0.717) is 17.9 Å². The van der Waals surface area contributed by atoms with Crippen molar-refractivity contribution in [2.24, 2.45) is 0 Å². The largest absolute Gasteiger partial charge is 0.494 e. The van der Waals surface area contributed by atoms with Gasteiger partial charge in [0, 0.05) is 0 Å². The van der Waals surface area contributed by atoms with Crippen molar-refractivity contribution in [3.8, 4) is 16.9 Å². The molecule has 0 aliphatic carbocycles. The minimum atomic E-state index is -5.23. The molecule has 8 heteroatoms. The van der Waals surface area contributed by atoms with Gasteiger partial charge in [0.15, 0.2) is 0 Å². The molecule has 0 fully saturated rings. The van der Waals surface area contributed by atoms with Gasteiger partial charge in [-0.1, -0.05) is 19.1 Å². The molecule has 0 atom stereocenters. The third kappa shape index (κ3) is 4.93. The maximum absolute atomic E-state index is 14.1. The molecule has 0 aromatic heterocycles. The number of hydrogen-bond donors (Lipinski definition) is 0. The summed E-state index contributed by atoms with van der Waals surface area (Å²) < 4.78 is 73.6. The number of alkyl halides is 3. The van der Waals surface area contributed by atoms with E-state index in [1.54, 1.807) is 24.3 Å². The molecule has 26 heavy (non-hydrogen) atoms. The molecule has 0 saturated carbocycles. The highest BCUT2D eigenvalue weighted by Crippen LogP contribution is 2.27. The van der Waals surface area contributed by atoms with Crippen molar-refractivity contribution in [1.82, 2.24) is 0 Å². The molecule has 140 valence electrons. The lowest BCUT2D eigenvalue weighted by Gasteiger charge is -2.11. The lowest BCUT2D eigenvalue weighted by Crippen LogP contribution is -2.25. The summed E-state index contributed by atoms with van der Waals surface area (Å²) in [4.78, 5) is 10.7. The molecule has 2 aromatic rings. The maximum Gasteiger partial charge on any atom is 0.490 e. The summed E-state index contributed by atoms with van der Waals surface area (Å²) in [6, 6.07) is 8.40. The number of carbonyl (C=O) groups is 1. The van der Waals surface area contributed by atoms with E-state index in [-0.39, 0.29) is 5.56 Å². The first-order valence-corrected chi connectivity index (χ1v) is 7.67. The fourth-order valence-corrected chi connectivity index (χ4v) is 2.09. The molecule has 0 aliphatic rings. The molecule has 0 unspecified atom stereocenters. The first-order chi connectivity index (χ1) is 12.2. The van der Waals surface area contributed by atoms with E-state index in [1.165, 1.54) is 0 Å². The highest BCUT2D eigenvalue weighted by atomic mass is 19.4. The smallest absolute Gasteiger partial charge is 0.490 e. The second-order valence-corrected chi connectivity index (χ2v) is 5.37. The Balaban J connectivity index is 2.17. The van der Waals surface area contributed by atoms with E-state index < -0.39 is 36.0 Å². The van der Waals surface area contributed by atoms with E-state index in [0.717, 1.165) is 18.6 Å². The lowest BCUT2D eigenvalue weighted by atomic mass is 10.0. The summed E-state index contributed by atoms with van der Waals surface area (Å²) in [7, 11) is 0. The van der Waals surface area contributed by atoms with Gasteiger partial charge in [-0.15, -0.1) is 0 Å². The number of halogens is 5. The molecule has 0 radical (unpaired) electrons. The molecule has 0 aliphatic heterocycles. The lowest BCUT2D eigenvalue weighted by molar-refractivity contribution is -0.201. The fraction of sp³-hybridized carbons (Fsp3) is 0.278. The summed E-state index contributed by atoms with van der Waals surface area (Å²) >= 11 is 0. The third-order valence-electron chi connectivity index (χ3n) is 3.38. The topological polar surface area (TPSA) is 35.5 Å². The molecule has 0 heterocycles. The monoisotopic (exact) mass is 374 g/mol. The molecule has 2 aromatic carbocycles. The Morgan fingerprint density at radius 2 is 1.58 bits per heavy atom. The van der Waals surface area contributed by atoms with E-state index in [2.05, 4.69) is 4.74 Å². The normalized spacial score (nSPS) is 11.3. The van der Waals surface area contributed by atoms with E-state index in [1.807, 2.05) is 6.92 Å². The van der Waals surface area contributed by atoms with Crippen LogP contribution in [0.1, 0.15) is 18.9 Å². The van der Waals surface area contributed by atoms with E-state index in [9.17, 15) is 26.7 Å². The molecule has 2 rings (SSSR count). The Hall–Kier alpha value is -2.64. The van der Waals surface area contributed by atoms with Crippen molar-refractivity contribution < 1.29 is 36.2 Å². The Labute approximate surface area is 146 Å². The summed E-state index contributed by atoms with van der Waals surface area (Å²) in [5.41, 5.74) is -0.0762. The minimum Gasteiger partial charge on any atom is -0.494 e. The number of rotatable bonds is 6. The zero-order chi connectivity index (χ0) is 19.3. The molecule has 0 amide bonds. The number of ether oxygens (including phenoxy) is 2. The van der Waals surface area contributed by atoms with Crippen LogP contribution >= 0.6 is 0 Å². The van der Waals surface area contributed by atoms with E-state index >= 15 is 0 Å². The molecule has 0 saturated heterocycles. The van der Waals surface area contributed by atoms with Gasteiger partial charge in [-0.05, 0) is 41.8 Å². The molecule has 0 N–H and O–H groups in total. The Kier molecular flexibility index (Phi) is 6.18. The Morgan fingerprint density at radius 1 is 1.00 bits per heavy atom. The average molecular weight is 374 g/mol. The van der Waals surface area contributed by atoms with Crippen LogP contribution in [0.5, 0.6) is 5.75 Å². The summed E-state index contributed by atoms with van der Waals surface area (Å²) in [6.07, 6.45) is -4.40. The highest BCUT2D eigenvalue weighted by molar-refractivity contribution is 5.75. The van der Waals surface area contributed by atoms with Gasteiger partial charge >= 0.3 is 12.1 Å². The van der Waals surface area contributed by atoms with Crippen LogP contribution < -0.4 is 4.74 Å². The Bertz CT molecular complexity index is 746. The van der Waals surface area contributed by atoms with Crippen LogP contribution in [0.4, 0.5) is 22.0 Å². The third-order valence-corrected chi connectivity index (χ3v) is 3.38. The van der Waals surface area contributed by atoms with Crippen molar-refractivity contribution in [2.45, 2.75) is 26.1 Å². The van der Waals surface area contributed by atoms with Crippen molar-refractivity contribution in [3.63, 3.8) is 0 Å². The van der Waals surface area contributed by atoms with Crippen molar-refractivity contribution in [1.29, 1.82) is 0 Å². The zero-order valence-corrected chi connectivity index (χ0v) is 13.7. The highest BCUT2D eigenvalue weighted by Gasteiger charge is 2.41. The molecular weight excluding hydrogens is 359 g/mol. The molecular formula is C18H15F5O3. The second-order valence-electron chi connectivity index (χ2n) is 5.37. The predicted molar refractivity (Wildman–Crippen MR) is 83.4 cm³/mol. The van der Waals surface area contributed by atoms with Gasteiger partial charge in [-0.3, -0.25) is 0 Å². The van der Waals surface area contributed by atoms with Crippen molar-refractivity contribution in [3.05, 3.63) is 53.6 Å². The first-order valence-electron chi connectivity index (χ1n) is 7.67. The van der Waals surface area contributed by atoms with E-state index in [4.69, 9.17) is 4.74 Å². The standard InChI is InChI=1S/C18H15F5O3/c1-2-7-25-13-5-3-11(4-6-13)12-8-15(19)14(16(20)9-12)10-26-17(24)18(21,22)23/h3-6,8-9H,2,7,10H2,1H3. The fourth-order valence-electron chi connectivity index (χ4n) is 2.09. The maximum atomic E-state index is 14.1. The number of hydrogen-bond acceptors (Lipinski definition) is 3. The summed E-state index contributed by atoms with van der Waals surface area (Å²) in [5, 5.41) is 0. The van der Waals surface area contributed by atoms with Gasteiger partial charge in [0.05, 0.1) is 12.2 Å². The summed E-state index contributed by atoms with van der Waals surface area (Å²) in [6.45, 7) is 1.33. The molecule has 0 bridgehead atoms. The molecule has 3 nitrogen and oxygen atoms in total. The van der Waals surface area contributed by atoms with Crippen molar-refractivity contribution in [2.75, 3.05) is 6.61 Å². The van der Waals surface area contributed by atoms with Gasteiger partial charge in [0.1, 0.15) is 24.0 Å². The Morgan fingerprint density at radius 3 is 2.08 bits per heavy atom. The van der Waals surface area contributed by atoms with Crippen LogP contribution in [0.3, 0.4) is 0 Å². The van der Waals surface area contributed by atoms with Gasteiger partial charge in [0.2, 0.25) is 0 Å². The number of esters is 1. The second kappa shape index (κ2) is 8.16. The van der Waals surface area contributed by atoms with Crippen molar-refractivity contribution >= 4 is 5.97 Å². The first kappa shape index (κ1) is 19.7. The van der Waals surface area contributed by atoms with Crippen LogP contribution in [-0.2, 0) is 16.1 Å². The van der Waals surface area contributed by atoms with Crippen LogP contribution in [0, 0.1) is 11.6 Å². The summed E-state index contributed by atoms with van der Waals surface area (Å²) in [5.74, 6) is -4.13. The molecule has 0 spiro atoms. The quantitative estimate of drug-likeness (QED) is 0.526. The zero-order valence-electron chi connectivity index (χ0n) is 13.7. The van der Waals surface area contributed by atoms with Gasteiger partial charge in [-0.25, -0.2) is 13.6 Å². The average Bonchev–Trinajstić information content (AvgIpc) is 2.58. The predicted octanol–water partition coefficient (Wildman–Crippen LogP) is 5.03. The van der Waals surface area contributed by atoms with Gasteiger partial charge in [-0.2, -0.15) is 13.2 Å². The van der Waals surface area contributed by atoms with Crippen LogP contribution in [0.25, 0.3) is 11.1 Å². The van der Waals surface area contributed by atoms with Crippen LogP contribution in [-0.4, -0.2) is 18.8 Å².